The second kappa shape index (κ2) is 8.44. The van der Waals surface area contributed by atoms with E-state index < -0.39 is 12.2 Å². The molecule has 0 fully saturated rings. The Bertz CT molecular complexity index is 333. The summed E-state index contributed by atoms with van der Waals surface area (Å²) in [4.78, 5) is 0. The predicted octanol–water partition coefficient (Wildman–Crippen LogP) is 0.132. The maximum Gasteiger partial charge on any atom is 0.119 e. The van der Waals surface area contributed by atoms with Crippen LogP contribution in [0.25, 0.3) is 0 Å². The van der Waals surface area contributed by atoms with E-state index in [1.807, 2.05) is 12.1 Å². The van der Waals surface area contributed by atoms with Gasteiger partial charge in [-0.1, -0.05) is 15.9 Å². The quantitative estimate of drug-likeness (QED) is 0.547. The fraction of sp³-hybridized carbons (Fsp3) is 0.500. The van der Waals surface area contributed by atoms with Gasteiger partial charge in [-0.2, -0.15) is 0 Å². The molecule has 18 heavy (non-hydrogen) atoms. The van der Waals surface area contributed by atoms with Crippen molar-refractivity contribution in [2.24, 2.45) is 0 Å². The average Bonchev–Trinajstić information content (AvgIpc) is 2.38. The van der Waals surface area contributed by atoms with Crippen molar-refractivity contribution < 1.29 is 20.1 Å². The lowest BCUT2D eigenvalue weighted by Gasteiger charge is -2.14. The highest BCUT2D eigenvalue weighted by Gasteiger charge is 2.07. The van der Waals surface area contributed by atoms with Gasteiger partial charge in [-0.3, -0.25) is 0 Å². The monoisotopic (exact) mass is 319 g/mol. The van der Waals surface area contributed by atoms with Crippen LogP contribution >= 0.6 is 15.9 Å². The maximum absolute atomic E-state index is 9.61. The molecule has 0 aliphatic rings. The fourth-order valence-electron chi connectivity index (χ4n) is 1.26. The highest BCUT2D eigenvalue weighted by Crippen LogP contribution is 2.16. The zero-order valence-electron chi connectivity index (χ0n) is 9.92. The molecule has 0 bridgehead atoms. The number of aliphatic hydroxyl groups is 3. The van der Waals surface area contributed by atoms with Gasteiger partial charge < -0.3 is 25.4 Å². The van der Waals surface area contributed by atoms with Crippen LogP contribution in [0, 0.1) is 0 Å². The van der Waals surface area contributed by atoms with Gasteiger partial charge in [0.2, 0.25) is 0 Å². The topological polar surface area (TPSA) is 82.0 Å². The van der Waals surface area contributed by atoms with Crippen LogP contribution in [-0.2, 0) is 0 Å². The molecular formula is C12H18BrNO4. The van der Waals surface area contributed by atoms with Gasteiger partial charge in [0.1, 0.15) is 18.5 Å². The summed E-state index contributed by atoms with van der Waals surface area (Å²) < 4.78 is 6.35. The highest BCUT2D eigenvalue weighted by atomic mass is 79.9. The van der Waals surface area contributed by atoms with Gasteiger partial charge in [0.05, 0.1) is 12.7 Å². The molecule has 0 saturated carbocycles. The van der Waals surface area contributed by atoms with Gasteiger partial charge in [0.25, 0.3) is 0 Å². The zero-order chi connectivity index (χ0) is 13.4. The van der Waals surface area contributed by atoms with E-state index in [1.165, 1.54) is 0 Å². The van der Waals surface area contributed by atoms with Crippen LogP contribution in [0.1, 0.15) is 0 Å². The Morgan fingerprint density at radius 2 is 1.72 bits per heavy atom. The number of benzene rings is 1. The Kier molecular flexibility index (Phi) is 7.22. The van der Waals surface area contributed by atoms with Gasteiger partial charge in [-0.25, -0.2) is 0 Å². The van der Waals surface area contributed by atoms with Crippen molar-refractivity contribution in [1.82, 2.24) is 5.32 Å². The average molecular weight is 320 g/mol. The molecule has 0 saturated heterocycles. The fourth-order valence-corrected chi connectivity index (χ4v) is 1.53. The first kappa shape index (κ1) is 15.4. The largest absolute Gasteiger partial charge is 0.491 e. The van der Waals surface area contributed by atoms with Gasteiger partial charge in [0, 0.05) is 17.6 Å². The normalized spacial score (nSPS) is 14.2. The summed E-state index contributed by atoms with van der Waals surface area (Å²) in [6, 6.07) is 7.33. The minimum Gasteiger partial charge on any atom is -0.491 e. The molecule has 0 spiro atoms. The summed E-state index contributed by atoms with van der Waals surface area (Å²) >= 11 is 3.32. The van der Waals surface area contributed by atoms with E-state index in [2.05, 4.69) is 21.2 Å². The number of ether oxygens (including phenoxy) is 1. The Hall–Kier alpha value is -0.660. The molecule has 0 aliphatic heterocycles. The van der Waals surface area contributed by atoms with E-state index in [1.54, 1.807) is 12.1 Å². The second-order valence-electron chi connectivity index (χ2n) is 3.91. The molecule has 102 valence electrons. The molecule has 1 rings (SSSR count). The Labute approximate surface area is 115 Å². The zero-order valence-corrected chi connectivity index (χ0v) is 11.5. The van der Waals surface area contributed by atoms with E-state index >= 15 is 0 Å². The first-order valence-corrected chi connectivity index (χ1v) is 6.47. The molecule has 4 N–H and O–H groups in total. The molecule has 0 aromatic heterocycles. The first-order valence-electron chi connectivity index (χ1n) is 5.68. The van der Waals surface area contributed by atoms with Gasteiger partial charge in [-0.05, 0) is 24.3 Å². The van der Waals surface area contributed by atoms with E-state index in [0.29, 0.717) is 12.3 Å². The van der Waals surface area contributed by atoms with E-state index in [9.17, 15) is 5.11 Å². The molecule has 2 atom stereocenters. The van der Waals surface area contributed by atoms with Crippen molar-refractivity contribution in [3.05, 3.63) is 28.7 Å². The lowest BCUT2D eigenvalue weighted by Crippen LogP contribution is -2.37. The van der Waals surface area contributed by atoms with Crippen molar-refractivity contribution in [2.45, 2.75) is 12.2 Å². The maximum atomic E-state index is 9.61. The number of aliphatic hydroxyl groups excluding tert-OH is 3. The van der Waals surface area contributed by atoms with E-state index in [-0.39, 0.29) is 19.8 Å². The standard InChI is InChI=1S/C12H18BrNO4/c13-9-1-3-12(4-2-9)18-8-11(17)6-14-5-10(16)7-15/h1-4,10-11,14-17H,5-8H2. The summed E-state index contributed by atoms with van der Waals surface area (Å²) in [7, 11) is 0. The van der Waals surface area contributed by atoms with Crippen LogP contribution in [0.2, 0.25) is 0 Å². The second-order valence-corrected chi connectivity index (χ2v) is 4.83. The van der Waals surface area contributed by atoms with E-state index in [4.69, 9.17) is 14.9 Å². The van der Waals surface area contributed by atoms with Crippen molar-refractivity contribution in [3.8, 4) is 5.75 Å². The molecule has 0 amide bonds. The summed E-state index contributed by atoms with van der Waals surface area (Å²) in [6.07, 6.45) is -1.47. The van der Waals surface area contributed by atoms with Gasteiger partial charge in [0.15, 0.2) is 0 Å². The predicted molar refractivity (Wildman–Crippen MR) is 71.6 cm³/mol. The van der Waals surface area contributed by atoms with Gasteiger partial charge in [-0.15, -0.1) is 0 Å². The number of nitrogens with one attached hydrogen (secondary N) is 1. The van der Waals surface area contributed by atoms with Crippen LogP contribution < -0.4 is 10.1 Å². The third kappa shape index (κ3) is 6.32. The van der Waals surface area contributed by atoms with Crippen LogP contribution in [-0.4, -0.2) is 53.8 Å². The Morgan fingerprint density at radius 3 is 2.33 bits per heavy atom. The van der Waals surface area contributed by atoms with Crippen LogP contribution in [0.15, 0.2) is 28.7 Å². The lowest BCUT2D eigenvalue weighted by atomic mass is 10.3. The highest BCUT2D eigenvalue weighted by molar-refractivity contribution is 9.10. The molecule has 6 heteroatoms. The molecular weight excluding hydrogens is 302 g/mol. The third-order valence-corrected chi connectivity index (χ3v) is 2.76. The van der Waals surface area contributed by atoms with Crippen molar-refractivity contribution in [3.63, 3.8) is 0 Å². The minimum atomic E-state index is -0.801. The number of hydrogen-bond donors (Lipinski definition) is 4. The molecule has 1 aromatic carbocycles. The van der Waals surface area contributed by atoms with Crippen LogP contribution in [0.5, 0.6) is 5.75 Å². The van der Waals surface area contributed by atoms with E-state index in [0.717, 1.165) is 4.47 Å². The summed E-state index contributed by atoms with van der Waals surface area (Å²) in [5.74, 6) is 0.688. The lowest BCUT2D eigenvalue weighted by molar-refractivity contribution is 0.0795. The third-order valence-electron chi connectivity index (χ3n) is 2.23. The molecule has 0 radical (unpaired) electrons. The number of halogens is 1. The van der Waals surface area contributed by atoms with Gasteiger partial charge >= 0.3 is 0 Å². The van der Waals surface area contributed by atoms with Crippen molar-refractivity contribution in [2.75, 3.05) is 26.3 Å². The molecule has 0 heterocycles. The SMILES string of the molecule is OCC(O)CNCC(O)COc1ccc(Br)cc1. The summed E-state index contributed by atoms with van der Waals surface area (Å²) in [5.41, 5.74) is 0. The molecule has 5 nitrogen and oxygen atoms in total. The Morgan fingerprint density at radius 1 is 1.11 bits per heavy atom. The van der Waals surface area contributed by atoms with Crippen molar-refractivity contribution in [1.29, 1.82) is 0 Å². The summed E-state index contributed by atoms with van der Waals surface area (Å²) in [6.45, 7) is 0.418. The molecule has 1 aromatic rings. The first-order chi connectivity index (χ1) is 8.61. The van der Waals surface area contributed by atoms with Crippen molar-refractivity contribution >= 4 is 15.9 Å². The Balaban J connectivity index is 2.16. The minimum absolute atomic E-state index is 0.170. The van der Waals surface area contributed by atoms with Crippen LogP contribution in [0.4, 0.5) is 0 Å². The molecule has 0 aliphatic carbocycles. The smallest absolute Gasteiger partial charge is 0.119 e. The van der Waals surface area contributed by atoms with Crippen LogP contribution in [0.3, 0.4) is 0 Å². The number of hydrogen-bond acceptors (Lipinski definition) is 5. The number of rotatable bonds is 8. The summed E-state index contributed by atoms with van der Waals surface area (Å²) in [5, 5.41) is 30.1. The molecule has 2 unspecified atom stereocenters.